The molecule has 3 N–H and O–H groups in total. The number of amides is 1. The minimum Gasteiger partial charge on any atom is -0.391 e. The fourth-order valence-corrected chi connectivity index (χ4v) is 2.67. The van der Waals surface area contributed by atoms with E-state index in [0.717, 1.165) is 17.3 Å². The van der Waals surface area contributed by atoms with Gasteiger partial charge in [-0.3, -0.25) is 4.79 Å². The molecule has 2 aromatic rings. The molecule has 2 unspecified atom stereocenters. The Hall–Kier alpha value is -1.91. The molecule has 1 heterocycles. The van der Waals surface area contributed by atoms with Gasteiger partial charge in [-0.1, -0.05) is 36.4 Å². The molecule has 1 aliphatic rings. The van der Waals surface area contributed by atoms with Gasteiger partial charge in [-0.15, -0.1) is 0 Å². The molecule has 0 radical (unpaired) electrons. The maximum absolute atomic E-state index is 12.3. The number of aliphatic hydroxyl groups is 1. The van der Waals surface area contributed by atoms with E-state index in [1.54, 1.807) is 0 Å². The molecule has 0 bridgehead atoms. The van der Waals surface area contributed by atoms with Crippen LogP contribution in [0.25, 0.3) is 10.8 Å². The van der Waals surface area contributed by atoms with Crippen LogP contribution in [-0.4, -0.2) is 36.8 Å². The molecule has 0 saturated carbocycles. The minimum absolute atomic E-state index is 0.0825. The lowest BCUT2D eigenvalue weighted by atomic mass is 10.0. The molecule has 0 aromatic heterocycles. The Morgan fingerprint density at radius 3 is 2.80 bits per heavy atom. The number of nitrogens with one attached hydrogen (secondary N) is 2. The van der Waals surface area contributed by atoms with Crippen molar-refractivity contribution in [1.29, 1.82) is 0 Å². The van der Waals surface area contributed by atoms with Crippen molar-refractivity contribution in [1.82, 2.24) is 10.6 Å². The number of aliphatic hydroxyl groups excluding tert-OH is 1. The van der Waals surface area contributed by atoms with E-state index in [2.05, 4.69) is 10.6 Å². The van der Waals surface area contributed by atoms with Crippen LogP contribution in [0.2, 0.25) is 0 Å². The van der Waals surface area contributed by atoms with Crippen LogP contribution in [0.5, 0.6) is 0 Å². The first-order valence-corrected chi connectivity index (χ1v) is 6.90. The van der Waals surface area contributed by atoms with Crippen LogP contribution in [0.15, 0.2) is 42.5 Å². The monoisotopic (exact) mass is 270 g/mol. The summed E-state index contributed by atoms with van der Waals surface area (Å²) >= 11 is 0. The number of fused-ring (bicyclic) bond motifs is 1. The van der Waals surface area contributed by atoms with Crippen LogP contribution in [0.4, 0.5) is 0 Å². The summed E-state index contributed by atoms with van der Waals surface area (Å²) in [6.07, 6.45) is -0.372. The fraction of sp³-hybridized carbons (Fsp3) is 0.312. The van der Waals surface area contributed by atoms with E-state index in [4.69, 9.17) is 0 Å². The molecular weight excluding hydrogens is 252 g/mol. The van der Waals surface area contributed by atoms with Gasteiger partial charge in [0.15, 0.2) is 0 Å². The van der Waals surface area contributed by atoms with Gasteiger partial charge in [-0.25, -0.2) is 0 Å². The SMILES string of the molecule is O=C(NCC1CNCC1O)c1cccc2ccccc12. The van der Waals surface area contributed by atoms with Crippen LogP contribution in [0, 0.1) is 5.92 Å². The second kappa shape index (κ2) is 5.61. The van der Waals surface area contributed by atoms with Crippen LogP contribution in [-0.2, 0) is 0 Å². The van der Waals surface area contributed by atoms with E-state index < -0.39 is 0 Å². The van der Waals surface area contributed by atoms with E-state index in [-0.39, 0.29) is 17.9 Å². The largest absolute Gasteiger partial charge is 0.391 e. The van der Waals surface area contributed by atoms with Gasteiger partial charge < -0.3 is 15.7 Å². The predicted molar refractivity (Wildman–Crippen MR) is 78.6 cm³/mol. The number of rotatable bonds is 3. The maximum Gasteiger partial charge on any atom is 0.251 e. The Morgan fingerprint density at radius 1 is 1.20 bits per heavy atom. The summed E-state index contributed by atoms with van der Waals surface area (Å²) in [5.74, 6) is 0.00910. The van der Waals surface area contributed by atoms with Crippen molar-refractivity contribution >= 4 is 16.7 Å². The molecule has 0 spiro atoms. The third-order valence-electron chi connectivity index (χ3n) is 3.86. The van der Waals surface area contributed by atoms with Crippen molar-refractivity contribution < 1.29 is 9.90 Å². The van der Waals surface area contributed by atoms with Gasteiger partial charge in [0.1, 0.15) is 0 Å². The molecule has 104 valence electrons. The highest BCUT2D eigenvalue weighted by molar-refractivity contribution is 6.06. The van der Waals surface area contributed by atoms with Crippen LogP contribution in [0.1, 0.15) is 10.4 Å². The highest BCUT2D eigenvalue weighted by atomic mass is 16.3. The van der Waals surface area contributed by atoms with Crippen LogP contribution >= 0.6 is 0 Å². The van der Waals surface area contributed by atoms with Crippen molar-refractivity contribution in [2.24, 2.45) is 5.92 Å². The average Bonchev–Trinajstić information content (AvgIpc) is 2.89. The van der Waals surface area contributed by atoms with E-state index >= 15 is 0 Å². The third-order valence-corrected chi connectivity index (χ3v) is 3.86. The van der Waals surface area contributed by atoms with Gasteiger partial charge in [-0.2, -0.15) is 0 Å². The normalized spacial score (nSPS) is 22.1. The second-order valence-electron chi connectivity index (χ2n) is 5.22. The van der Waals surface area contributed by atoms with Crippen LogP contribution in [0.3, 0.4) is 0 Å². The zero-order valence-corrected chi connectivity index (χ0v) is 11.2. The Labute approximate surface area is 117 Å². The summed E-state index contributed by atoms with van der Waals surface area (Å²) in [5.41, 5.74) is 0.684. The average molecular weight is 270 g/mol. The molecule has 4 nitrogen and oxygen atoms in total. The number of β-amino-alcohol motifs (C(OH)–C–C–N with tert-alkyl or cyclic N) is 1. The van der Waals surface area contributed by atoms with Gasteiger partial charge in [0.2, 0.25) is 0 Å². The second-order valence-corrected chi connectivity index (χ2v) is 5.22. The Morgan fingerprint density at radius 2 is 2.00 bits per heavy atom. The number of benzene rings is 2. The molecule has 2 aromatic carbocycles. The molecular formula is C16H18N2O2. The van der Waals surface area contributed by atoms with Crippen molar-refractivity contribution in [3.05, 3.63) is 48.0 Å². The van der Waals surface area contributed by atoms with Gasteiger partial charge in [0.25, 0.3) is 5.91 Å². The molecule has 1 fully saturated rings. The molecule has 2 atom stereocenters. The summed E-state index contributed by atoms with van der Waals surface area (Å²) in [7, 11) is 0. The summed E-state index contributed by atoms with van der Waals surface area (Å²) in [6, 6.07) is 13.6. The minimum atomic E-state index is -0.372. The lowest BCUT2D eigenvalue weighted by Gasteiger charge is -2.14. The number of hydrogen-bond donors (Lipinski definition) is 3. The summed E-state index contributed by atoms with van der Waals surface area (Å²) in [5, 5.41) is 17.8. The smallest absolute Gasteiger partial charge is 0.251 e. The van der Waals surface area contributed by atoms with Gasteiger partial charge in [0.05, 0.1) is 6.10 Å². The van der Waals surface area contributed by atoms with Crippen molar-refractivity contribution in [3.8, 4) is 0 Å². The highest BCUT2D eigenvalue weighted by Gasteiger charge is 2.25. The van der Waals surface area contributed by atoms with E-state index in [1.807, 2.05) is 42.5 Å². The van der Waals surface area contributed by atoms with Gasteiger partial charge >= 0.3 is 0 Å². The standard InChI is InChI=1S/C16H18N2O2/c19-15-10-17-8-12(15)9-18-16(20)14-7-3-5-11-4-1-2-6-13(11)14/h1-7,12,15,17,19H,8-10H2,(H,18,20). The first-order chi connectivity index (χ1) is 9.75. The first-order valence-electron chi connectivity index (χ1n) is 6.90. The first kappa shape index (κ1) is 13.1. The molecule has 0 aliphatic carbocycles. The zero-order valence-electron chi connectivity index (χ0n) is 11.2. The topological polar surface area (TPSA) is 61.4 Å². The Balaban J connectivity index is 1.75. The van der Waals surface area contributed by atoms with Gasteiger partial charge in [0, 0.05) is 31.1 Å². The molecule has 1 aliphatic heterocycles. The lowest BCUT2D eigenvalue weighted by Crippen LogP contribution is -2.34. The quantitative estimate of drug-likeness (QED) is 0.784. The zero-order chi connectivity index (χ0) is 13.9. The van der Waals surface area contributed by atoms with Crippen LogP contribution < -0.4 is 10.6 Å². The number of hydrogen-bond acceptors (Lipinski definition) is 3. The van der Waals surface area contributed by atoms with Crippen molar-refractivity contribution in [2.45, 2.75) is 6.10 Å². The predicted octanol–water partition coefficient (Wildman–Crippen LogP) is 1.15. The third kappa shape index (κ3) is 2.53. The van der Waals surface area contributed by atoms with Gasteiger partial charge in [-0.05, 0) is 16.8 Å². The van der Waals surface area contributed by atoms with E-state index in [0.29, 0.717) is 18.7 Å². The number of carbonyl (C=O) groups excluding carboxylic acids is 1. The van der Waals surface area contributed by atoms with E-state index in [1.165, 1.54) is 0 Å². The Bertz CT molecular complexity index is 621. The molecule has 20 heavy (non-hydrogen) atoms. The lowest BCUT2D eigenvalue weighted by molar-refractivity contribution is 0.0928. The molecule has 3 rings (SSSR count). The van der Waals surface area contributed by atoms with Crippen molar-refractivity contribution in [3.63, 3.8) is 0 Å². The van der Waals surface area contributed by atoms with Crippen molar-refractivity contribution in [2.75, 3.05) is 19.6 Å². The molecule has 1 amide bonds. The summed E-state index contributed by atoms with van der Waals surface area (Å²) in [4.78, 5) is 12.3. The number of carbonyl (C=O) groups is 1. The fourth-order valence-electron chi connectivity index (χ4n) is 2.67. The molecule has 1 saturated heterocycles. The maximum atomic E-state index is 12.3. The van der Waals surface area contributed by atoms with E-state index in [9.17, 15) is 9.90 Å². The Kier molecular flexibility index (Phi) is 3.67. The highest BCUT2D eigenvalue weighted by Crippen LogP contribution is 2.18. The molecule has 4 heteroatoms. The summed E-state index contributed by atoms with van der Waals surface area (Å²) < 4.78 is 0. The summed E-state index contributed by atoms with van der Waals surface area (Å²) in [6.45, 7) is 1.85.